The highest BCUT2D eigenvalue weighted by Crippen LogP contribution is 2.34. The highest BCUT2D eigenvalue weighted by Gasteiger charge is 2.26. The average molecular weight is 513 g/mol. The average Bonchev–Trinajstić information content (AvgIpc) is 3.52. The van der Waals surface area contributed by atoms with E-state index in [2.05, 4.69) is 52.7 Å². The van der Waals surface area contributed by atoms with Crippen molar-refractivity contribution < 1.29 is 14.3 Å². The molecule has 0 saturated carbocycles. The fourth-order valence-corrected chi connectivity index (χ4v) is 4.90. The number of benzene rings is 2. The van der Waals surface area contributed by atoms with Crippen LogP contribution in [0.2, 0.25) is 0 Å². The van der Waals surface area contributed by atoms with Gasteiger partial charge in [0.15, 0.2) is 11.5 Å². The summed E-state index contributed by atoms with van der Waals surface area (Å²) in [5.41, 5.74) is 4.23. The number of likely N-dealkylation sites (tertiary alicyclic amines) is 1. The van der Waals surface area contributed by atoms with Crippen molar-refractivity contribution in [3.63, 3.8) is 0 Å². The molecule has 0 bridgehead atoms. The maximum absolute atomic E-state index is 13.0. The molecule has 0 aliphatic carbocycles. The van der Waals surface area contributed by atoms with Gasteiger partial charge in [0.2, 0.25) is 5.91 Å². The van der Waals surface area contributed by atoms with Crippen LogP contribution in [0.1, 0.15) is 54.6 Å². The SMILES string of the molecule is CC(=O)N1CCC(Nc2n[nH]c3nccc(Oc4cccc(C(=O)Nc5ccc(C(C)C)c(C)c5)c4)c23)C1. The fraction of sp³-hybridized carbons (Fsp3) is 0.310. The Morgan fingerprint density at radius 2 is 2.00 bits per heavy atom. The Morgan fingerprint density at radius 1 is 1.16 bits per heavy atom. The van der Waals surface area contributed by atoms with Gasteiger partial charge in [0.1, 0.15) is 16.9 Å². The van der Waals surface area contributed by atoms with Gasteiger partial charge in [0.25, 0.3) is 5.91 Å². The number of hydrogen-bond acceptors (Lipinski definition) is 6. The Bertz CT molecular complexity index is 1490. The zero-order valence-corrected chi connectivity index (χ0v) is 22.0. The summed E-state index contributed by atoms with van der Waals surface area (Å²) in [6.07, 6.45) is 2.48. The zero-order valence-electron chi connectivity index (χ0n) is 22.0. The number of aryl methyl sites for hydroxylation is 1. The molecule has 1 saturated heterocycles. The first-order valence-electron chi connectivity index (χ1n) is 12.8. The minimum atomic E-state index is -0.214. The van der Waals surface area contributed by atoms with Crippen molar-refractivity contribution >= 4 is 34.4 Å². The van der Waals surface area contributed by atoms with Crippen LogP contribution in [0.3, 0.4) is 0 Å². The number of H-pyrrole nitrogens is 1. The Morgan fingerprint density at radius 3 is 2.74 bits per heavy atom. The van der Waals surface area contributed by atoms with E-state index in [1.54, 1.807) is 43.5 Å². The number of nitrogens with zero attached hydrogens (tertiary/aromatic N) is 3. The van der Waals surface area contributed by atoms with Crippen LogP contribution in [0, 0.1) is 6.92 Å². The smallest absolute Gasteiger partial charge is 0.255 e. The van der Waals surface area contributed by atoms with E-state index in [9.17, 15) is 9.59 Å². The summed E-state index contributed by atoms with van der Waals surface area (Å²) < 4.78 is 6.23. The molecule has 196 valence electrons. The van der Waals surface area contributed by atoms with Crippen LogP contribution in [-0.4, -0.2) is 51.0 Å². The van der Waals surface area contributed by atoms with E-state index in [0.717, 1.165) is 17.7 Å². The topological polar surface area (TPSA) is 112 Å². The third-order valence-corrected chi connectivity index (χ3v) is 6.87. The first-order valence-corrected chi connectivity index (χ1v) is 12.8. The molecule has 1 atom stereocenters. The Kier molecular flexibility index (Phi) is 7.00. The van der Waals surface area contributed by atoms with Crippen LogP contribution in [0.15, 0.2) is 54.7 Å². The summed E-state index contributed by atoms with van der Waals surface area (Å²) in [6.45, 7) is 9.29. The fourth-order valence-electron chi connectivity index (χ4n) is 4.90. The standard InChI is InChI=1S/C29H32N6O3/c1-17(2)24-9-8-21(14-18(24)3)32-29(37)20-6-5-7-23(15-20)38-25-10-12-30-27-26(25)28(34-33-27)31-22-11-13-35(16-22)19(4)36/h5-10,12,14-15,17,22H,11,13,16H2,1-4H3,(H,32,37)(H2,30,31,33,34). The van der Waals surface area contributed by atoms with Crippen LogP contribution in [-0.2, 0) is 4.79 Å². The molecule has 1 aliphatic rings. The largest absolute Gasteiger partial charge is 0.456 e. The maximum atomic E-state index is 13.0. The molecule has 3 N–H and O–H groups in total. The molecule has 9 heteroatoms. The molecule has 1 aliphatic heterocycles. The number of hydrogen-bond donors (Lipinski definition) is 3. The summed E-state index contributed by atoms with van der Waals surface area (Å²) >= 11 is 0. The second kappa shape index (κ2) is 10.5. The number of carbonyl (C=O) groups is 2. The molecule has 38 heavy (non-hydrogen) atoms. The molecule has 2 amide bonds. The van der Waals surface area contributed by atoms with Crippen LogP contribution < -0.4 is 15.4 Å². The lowest BCUT2D eigenvalue weighted by molar-refractivity contribution is -0.127. The molecular formula is C29H32N6O3. The van der Waals surface area contributed by atoms with Gasteiger partial charge in [-0.2, -0.15) is 5.10 Å². The lowest BCUT2D eigenvalue weighted by Gasteiger charge is -2.15. The van der Waals surface area contributed by atoms with Gasteiger partial charge in [-0.25, -0.2) is 4.98 Å². The molecule has 4 aromatic rings. The van der Waals surface area contributed by atoms with Gasteiger partial charge >= 0.3 is 0 Å². The van der Waals surface area contributed by atoms with Crippen LogP contribution in [0.4, 0.5) is 11.5 Å². The number of pyridine rings is 1. The van der Waals surface area contributed by atoms with Crippen LogP contribution in [0.5, 0.6) is 11.5 Å². The third-order valence-electron chi connectivity index (χ3n) is 6.87. The molecule has 2 aromatic carbocycles. The van der Waals surface area contributed by atoms with E-state index in [1.165, 1.54) is 5.56 Å². The van der Waals surface area contributed by atoms with Crippen LogP contribution >= 0.6 is 0 Å². The van der Waals surface area contributed by atoms with E-state index in [0.29, 0.717) is 52.9 Å². The Hall–Kier alpha value is -4.40. The van der Waals surface area contributed by atoms with Gasteiger partial charge in [-0.3, -0.25) is 14.7 Å². The number of amides is 2. The number of nitrogens with one attached hydrogen (secondary N) is 3. The molecule has 0 radical (unpaired) electrons. The van der Waals surface area contributed by atoms with Crippen molar-refractivity contribution in [3.8, 4) is 11.5 Å². The Balaban J connectivity index is 1.33. The monoisotopic (exact) mass is 512 g/mol. The number of anilines is 2. The molecule has 5 rings (SSSR count). The quantitative estimate of drug-likeness (QED) is 0.303. The highest BCUT2D eigenvalue weighted by molar-refractivity contribution is 6.04. The maximum Gasteiger partial charge on any atom is 0.255 e. The van der Waals surface area contributed by atoms with E-state index in [-0.39, 0.29) is 17.9 Å². The van der Waals surface area contributed by atoms with Gasteiger partial charge in [-0.05, 0) is 60.7 Å². The number of carbonyl (C=O) groups excluding carboxylic acids is 2. The second-order valence-electron chi connectivity index (χ2n) is 10.0. The van der Waals surface area contributed by atoms with Crippen molar-refractivity contribution in [1.29, 1.82) is 0 Å². The summed E-state index contributed by atoms with van der Waals surface area (Å²) in [5.74, 6) is 1.98. The first kappa shape index (κ1) is 25.3. The number of aromatic amines is 1. The minimum absolute atomic E-state index is 0.0681. The van der Waals surface area contributed by atoms with Crippen molar-refractivity contribution in [2.45, 2.75) is 46.1 Å². The van der Waals surface area contributed by atoms with Crippen LogP contribution in [0.25, 0.3) is 11.0 Å². The first-order chi connectivity index (χ1) is 18.3. The van der Waals surface area contributed by atoms with Gasteiger partial charge < -0.3 is 20.3 Å². The predicted octanol–water partition coefficient (Wildman–Crippen LogP) is 5.47. The number of ether oxygens (including phenoxy) is 1. The van der Waals surface area contributed by atoms with Crippen molar-refractivity contribution in [2.24, 2.45) is 0 Å². The van der Waals surface area contributed by atoms with Crippen molar-refractivity contribution in [2.75, 3.05) is 23.7 Å². The van der Waals surface area contributed by atoms with E-state index < -0.39 is 0 Å². The van der Waals surface area contributed by atoms with Crippen molar-refractivity contribution in [1.82, 2.24) is 20.1 Å². The zero-order chi connectivity index (χ0) is 26.8. The summed E-state index contributed by atoms with van der Waals surface area (Å²) in [4.78, 5) is 30.9. The second-order valence-corrected chi connectivity index (χ2v) is 10.0. The van der Waals surface area contributed by atoms with E-state index in [1.807, 2.05) is 17.0 Å². The normalized spacial score (nSPS) is 15.2. The van der Waals surface area contributed by atoms with Gasteiger partial charge in [-0.15, -0.1) is 0 Å². The van der Waals surface area contributed by atoms with E-state index in [4.69, 9.17) is 4.74 Å². The van der Waals surface area contributed by atoms with E-state index >= 15 is 0 Å². The lowest BCUT2D eigenvalue weighted by Crippen LogP contribution is -2.29. The number of rotatable bonds is 7. The summed E-state index contributed by atoms with van der Waals surface area (Å²) in [5, 5.41) is 14.5. The lowest BCUT2D eigenvalue weighted by atomic mass is 9.97. The molecule has 3 heterocycles. The third kappa shape index (κ3) is 5.32. The molecule has 9 nitrogen and oxygen atoms in total. The summed E-state index contributed by atoms with van der Waals surface area (Å²) in [6, 6.07) is 14.9. The summed E-state index contributed by atoms with van der Waals surface area (Å²) in [7, 11) is 0. The minimum Gasteiger partial charge on any atom is -0.456 e. The predicted molar refractivity (Wildman–Crippen MR) is 148 cm³/mol. The Labute approximate surface area is 221 Å². The molecule has 1 unspecified atom stereocenters. The number of fused-ring (bicyclic) bond motifs is 1. The van der Waals surface area contributed by atoms with Gasteiger partial charge in [0.05, 0.1) is 0 Å². The molecule has 1 fully saturated rings. The highest BCUT2D eigenvalue weighted by atomic mass is 16.5. The van der Waals surface area contributed by atoms with Gasteiger partial charge in [0, 0.05) is 49.6 Å². The molecule has 0 spiro atoms. The van der Waals surface area contributed by atoms with Gasteiger partial charge in [-0.1, -0.05) is 26.0 Å². The molecule has 2 aromatic heterocycles. The molecular weight excluding hydrogens is 480 g/mol. The number of aromatic nitrogens is 3. The van der Waals surface area contributed by atoms with Crippen molar-refractivity contribution in [3.05, 3.63) is 71.4 Å².